The van der Waals surface area contributed by atoms with Crippen LogP contribution in [0.2, 0.25) is 0 Å². The Morgan fingerprint density at radius 1 is 1.00 bits per heavy atom. The molecule has 1 atom stereocenters. The normalized spacial score (nSPS) is 14.2. The highest BCUT2D eigenvalue weighted by Crippen LogP contribution is 2.21. The Balaban J connectivity index is 2.13. The summed E-state index contributed by atoms with van der Waals surface area (Å²) in [6.07, 6.45) is 0.929. The Bertz CT molecular complexity index is 678. The van der Waals surface area contributed by atoms with Crippen LogP contribution in [0.15, 0.2) is 18.2 Å². The van der Waals surface area contributed by atoms with Gasteiger partial charge in [-0.05, 0) is 38.0 Å². The molecular formula is C17H21N3O5. The zero-order valence-electron chi connectivity index (χ0n) is 14.3. The van der Waals surface area contributed by atoms with E-state index in [1.165, 1.54) is 39.0 Å². The van der Waals surface area contributed by atoms with E-state index in [1.807, 2.05) is 0 Å². The van der Waals surface area contributed by atoms with E-state index >= 15 is 0 Å². The molecule has 0 unspecified atom stereocenters. The maximum absolute atomic E-state index is 12.3. The molecule has 1 aromatic carbocycles. The molecule has 1 aliphatic rings. The fraction of sp³-hybridized carbons (Fsp3) is 0.412. The Morgan fingerprint density at radius 3 is 1.96 bits per heavy atom. The van der Waals surface area contributed by atoms with Crippen LogP contribution >= 0.6 is 0 Å². The van der Waals surface area contributed by atoms with E-state index < -0.39 is 12.1 Å². The van der Waals surface area contributed by atoms with Crippen LogP contribution in [0.4, 0.5) is 11.4 Å². The second-order valence-electron chi connectivity index (χ2n) is 5.99. The van der Waals surface area contributed by atoms with Crippen molar-refractivity contribution in [3.05, 3.63) is 23.8 Å². The van der Waals surface area contributed by atoms with Crippen molar-refractivity contribution in [2.75, 3.05) is 10.6 Å². The van der Waals surface area contributed by atoms with Gasteiger partial charge >= 0.3 is 5.97 Å². The van der Waals surface area contributed by atoms with Gasteiger partial charge in [-0.25, -0.2) is 4.79 Å². The second kappa shape index (κ2) is 7.78. The summed E-state index contributed by atoms with van der Waals surface area (Å²) in [4.78, 5) is 46.7. The van der Waals surface area contributed by atoms with Crippen LogP contribution in [-0.4, -0.2) is 35.8 Å². The standard InChI is InChI=1S/C17H21N3O5/c1-9(16(23)20-13-4-5-13)25-17(24)12-6-14(18-10(2)21)8-15(7-12)19-11(3)22/h6-9,13H,4-5H2,1-3H3,(H,18,21)(H,19,22)(H,20,23)/t9-/m1/s1. The minimum atomic E-state index is -0.943. The van der Waals surface area contributed by atoms with Gasteiger partial charge in [-0.1, -0.05) is 0 Å². The topological polar surface area (TPSA) is 114 Å². The van der Waals surface area contributed by atoms with Gasteiger partial charge in [0.25, 0.3) is 5.91 Å². The lowest BCUT2D eigenvalue weighted by atomic mass is 10.1. The van der Waals surface area contributed by atoms with Crippen LogP contribution in [0.25, 0.3) is 0 Å². The summed E-state index contributed by atoms with van der Waals surface area (Å²) in [7, 11) is 0. The summed E-state index contributed by atoms with van der Waals surface area (Å²) in [6.45, 7) is 4.14. The molecule has 3 amide bonds. The molecule has 2 rings (SSSR count). The van der Waals surface area contributed by atoms with E-state index in [0.717, 1.165) is 12.8 Å². The molecule has 0 heterocycles. The number of hydrogen-bond donors (Lipinski definition) is 3. The lowest BCUT2D eigenvalue weighted by Crippen LogP contribution is -2.37. The number of rotatable bonds is 6. The van der Waals surface area contributed by atoms with Crippen molar-refractivity contribution in [3.8, 4) is 0 Å². The first-order chi connectivity index (χ1) is 11.7. The van der Waals surface area contributed by atoms with Crippen molar-refractivity contribution < 1.29 is 23.9 Å². The van der Waals surface area contributed by atoms with Crippen LogP contribution in [0.5, 0.6) is 0 Å². The summed E-state index contributed by atoms with van der Waals surface area (Å²) in [5.41, 5.74) is 0.780. The van der Waals surface area contributed by atoms with E-state index in [-0.39, 0.29) is 29.3 Å². The lowest BCUT2D eigenvalue weighted by molar-refractivity contribution is -0.129. The predicted octanol–water partition coefficient (Wildman–Crippen LogP) is 1.43. The third-order valence-electron chi connectivity index (χ3n) is 3.39. The Morgan fingerprint density at radius 2 is 1.52 bits per heavy atom. The molecule has 8 nitrogen and oxygen atoms in total. The van der Waals surface area contributed by atoms with Crippen LogP contribution in [-0.2, 0) is 19.1 Å². The van der Waals surface area contributed by atoms with Gasteiger partial charge < -0.3 is 20.7 Å². The van der Waals surface area contributed by atoms with E-state index in [2.05, 4.69) is 16.0 Å². The minimum Gasteiger partial charge on any atom is -0.449 e. The van der Waals surface area contributed by atoms with Crippen molar-refractivity contribution in [2.45, 2.75) is 45.8 Å². The zero-order chi connectivity index (χ0) is 18.6. The van der Waals surface area contributed by atoms with Gasteiger partial charge in [-0.15, -0.1) is 0 Å². The monoisotopic (exact) mass is 347 g/mol. The highest BCUT2D eigenvalue weighted by Gasteiger charge is 2.27. The number of benzene rings is 1. The molecule has 134 valence electrons. The molecule has 3 N–H and O–H groups in total. The second-order valence-corrected chi connectivity index (χ2v) is 5.99. The highest BCUT2D eigenvalue weighted by molar-refractivity contribution is 5.98. The Hall–Kier alpha value is -2.90. The fourth-order valence-electron chi connectivity index (χ4n) is 2.12. The first-order valence-electron chi connectivity index (χ1n) is 7.96. The highest BCUT2D eigenvalue weighted by atomic mass is 16.5. The molecule has 0 aromatic heterocycles. The average Bonchev–Trinajstić information content (AvgIpc) is 3.29. The molecule has 25 heavy (non-hydrogen) atoms. The number of ether oxygens (including phenoxy) is 1. The summed E-state index contributed by atoms with van der Waals surface area (Å²) in [5.74, 6) is -1.72. The Kier molecular flexibility index (Phi) is 5.74. The molecule has 8 heteroatoms. The van der Waals surface area contributed by atoms with Gasteiger partial charge in [0.2, 0.25) is 11.8 Å². The van der Waals surface area contributed by atoms with Gasteiger partial charge in [0.1, 0.15) is 0 Å². The van der Waals surface area contributed by atoms with E-state index in [4.69, 9.17) is 4.74 Å². The van der Waals surface area contributed by atoms with Crippen LogP contribution in [0, 0.1) is 0 Å². The predicted molar refractivity (Wildman–Crippen MR) is 91.1 cm³/mol. The number of hydrogen-bond acceptors (Lipinski definition) is 5. The van der Waals surface area contributed by atoms with Gasteiger partial charge in [0, 0.05) is 31.3 Å². The van der Waals surface area contributed by atoms with Gasteiger partial charge in [-0.3, -0.25) is 14.4 Å². The molecule has 1 saturated carbocycles. The molecule has 0 saturated heterocycles. The number of nitrogens with one attached hydrogen (secondary N) is 3. The molecular weight excluding hydrogens is 326 g/mol. The van der Waals surface area contributed by atoms with Crippen molar-refractivity contribution in [1.82, 2.24) is 5.32 Å². The van der Waals surface area contributed by atoms with Gasteiger partial charge in [0.15, 0.2) is 6.10 Å². The van der Waals surface area contributed by atoms with Crippen molar-refractivity contribution in [2.24, 2.45) is 0 Å². The first kappa shape index (κ1) is 18.4. The van der Waals surface area contributed by atoms with Crippen LogP contribution < -0.4 is 16.0 Å². The van der Waals surface area contributed by atoms with Gasteiger partial charge in [-0.2, -0.15) is 0 Å². The molecule has 1 fully saturated rings. The molecule has 0 aliphatic heterocycles. The smallest absolute Gasteiger partial charge is 0.339 e. The maximum Gasteiger partial charge on any atom is 0.339 e. The number of esters is 1. The first-order valence-corrected chi connectivity index (χ1v) is 7.96. The average molecular weight is 347 g/mol. The molecule has 0 radical (unpaired) electrons. The summed E-state index contributed by atoms with van der Waals surface area (Å²) < 4.78 is 5.17. The third kappa shape index (κ3) is 5.91. The van der Waals surface area contributed by atoms with E-state index in [9.17, 15) is 19.2 Å². The lowest BCUT2D eigenvalue weighted by Gasteiger charge is -2.14. The molecule has 0 bridgehead atoms. The van der Waals surface area contributed by atoms with Crippen molar-refractivity contribution in [3.63, 3.8) is 0 Å². The molecule has 1 aromatic rings. The van der Waals surface area contributed by atoms with Gasteiger partial charge in [0.05, 0.1) is 5.56 Å². The number of carbonyl (C=O) groups excluding carboxylic acids is 4. The molecule has 1 aliphatic carbocycles. The number of anilines is 2. The Labute approximate surface area is 145 Å². The quantitative estimate of drug-likeness (QED) is 0.674. The third-order valence-corrected chi connectivity index (χ3v) is 3.39. The summed E-state index contributed by atoms with van der Waals surface area (Å²) in [6, 6.07) is 4.52. The summed E-state index contributed by atoms with van der Waals surface area (Å²) in [5, 5.41) is 7.85. The van der Waals surface area contributed by atoms with Crippen LogP contribution in [0.1, 0.15) is 44.0 Å². The fourth-order valence-corrected chi connectivity index (χ4v) is 2.12. The summed E-state index contributed by atoms with van der Waals surface area (Å²) >= 11 is 0. The van der Waals surface area contributed by atoms with Crippen molar-refractivity contribution in [1.29, 1.82) is 0 Å². The van der Waals surface area contributed by atoms with E-state index in [1.54, 1.807) is 0 Å². The van der Waals surface area contributed by atoms with Crippen molar-refractivity contribution >= 4 is 35.1 Å². The largest absolute Gasteiger partial charge is 0.449 e. The van der Waals surface area contributed by atoms with E-state index in [0.29, 0.717) is 11.4 Å². The van der Waals surface area contributed by atoms with Crippen LogP contribution in [0.3, 0.4) is 0 Å². The minimum absolute atomic E-state index is 0.112. The number of amides is 3. The zero-order valence-corrected chi connectivity index (χ0v) is 14.3. The number of carbonyl (C=O) groups is 4. The maximum atomic E-state index is 12.3. The SMILES string of the molecule is CC(=O)Nc1cc(NC(C)=O)cc(C(=O)O[C@H](C)C(=O)NC2CC2)c1. The molecule has 0 spiro atoms.